The number of aryl methyl sites for hydroxylation is 1. The molecular formula is C12H15BrN4O. The van der Waals surface area contributed by atoms with Crippen molar-refractivity contribution in [3.63, 3.8) is 0 Å². The second-order valence-electron chi connectivity index (χ2n) is 3.93. The van der Waals surface area contributed by atoms with Crippen molar-refractivity contribution in [3.8, 4) is 0 Å². The van der Waals surface area contributed by atoms with Gasteiger partial charge in [0.15, 0.2) is 0 Å². The third kappa shape index (κ3) is 2.64. The van der Waals surface area contributed by atoms with Crippen molar-refractivity contribution >= 4 is 27.4 Å². The summed E-state index contributed by atoms with van der Waals surface area (Å²) >= 11 is 3.47. The van der Waals surface area contributed by atoms with E-state index in [1.54, 1.807) is 12.4 Å². The van der Waals surface area contributed by atoms with Crippen molar-refractivity contribution in [2.24, 2.45) is 0 Å². The smallest absolute Gasteiger partial charge is 0.213 e. The monoisotopic (exact) mass is 310 g/mol. The summed E-state index contributed by atoms with van der Waals surface area (Å²) in [5, 5.41) is 3.16. The fraction of sp³-hybridized carbons (Fsp3) is 0.333. The van der Waals surface area contributed by atoms with Crippen LogP contribution in [0.3, 0.4) is 0 Å². The lowest BCUT2D eigenvalue weighted by molar-refractivity contribution is 0.465. The first-order chi connectivity index (χ1) is 8.61. The van der Waals surface area contributed by atoms with Gasteiger partial charge < -0.3 is 15.5 Å². The summed E-state index contributed by atoms with van der Waals surface area (Å²) in [6, 6.07) is 0. The van der Waals surface area contributed by atoms with Crippen molar-refractivity contribution in [2.45, 2.75) is 26.8 Å². The van der Waals surface area contributed by atoms with E-state index in [0.29, 0.717) is 18.1 Å². The molecule has 3 N–H and O–H groups in total. The Bertz CT molecular complexity index is 553. The second kappa shape index (κ2) is 5.39. The molecule has 0 bridgehead atoms. The topological polar surface area (TPSA) is 77.0 Å². The molecule has 0 saturated carbocycles. The summed E-state index contributed by atoms with van der Waals surface area (Å²) in [6.07, 6.45) is 4.22. The maximum atomic E-state index is 5.77. The molecule has 96 valence electrons. The van der Waals surface area contributed by atoms with Gasteiger partial charge in [-0.3, -0.25) is 0 Å². The van der Waals surface area contributed by atoms with Crippen LogP contribution >= 0.6 is 15.9 Å². The first-order valence-electron chi connectivity index (χ1n) is 5.69. The third-order valence-electron chi connectivity index (χ3n) is 2.66. The third-order valence-corrected chi connectivity index (χ3v) is 3.63. The molecule has 0 radical (unpaired) electrons. The van der Waals surface area contributed by atoms with E-state index in [1.165, 1.54) is 0 Å². The van der Waals surface area contributed by atoms with Gasteiger partial charge in [-0.05, 0) is 28.4 Å². The van der Waals surface area contributed by atoms with E-state index in [2.05, 4.69) is 31.2 Å². The number of pyridine rings is 1. The zero-order valence-corrected chi connectivity index (χ0v) is 11.9. The maximum Gasteiger partial charge on any atom is 0.213 e. The Kier molecular flexibility index (Phi) is 3.86. The molecule has 2 aromatic rings. The molecule has 0 atom stereocenters. The van der Waals surface area contributed by atoms with E-state index in [9.17, 15) is 0 Å². The van der Waals surface area contributed by atoms with Crippen molar-refractivity contribution in [2.75, 3.05) is 11.1 Å². The molecule has 18 heavy (non-hydrogen) atoms. The molecule has 0 amide bonds. The number of nitrogen functional groups attached to an aromatic ring is 1. The van der Waals surface area contributed by atoms with Gasteiger partial charge in [0.25, 0.3) is 0 Å². The quantitative estimate of drug-likeness (QED) is 0.908. The Labute approximate surface area is 114 Å². The van der Waals surface area contributed by atoms with Crippen molar-refractivity contribution in [3.05, 3.63) is 34.1 Å². The first-order valence-corrected chi connectivity index (χ1v) is 6.49. The predicted molar refractivity (Wildman–Crippen MR) is 74.3 cm³/mol. The molecule has 0 aromatic carbocycles. The minimum atomic E-state index is 0.495. The van der Waals surface area contributed by atoms with Crippen LogP contribution in [-0.4, -0.2) is 9.97 Å². The molecule has 2 aromatic heterocycles. The van der Waals surface area contributed by atoms with E-state index < -0.39 is 0 Å². The fourth-order valence-corrected chi connectivity index (χ4v) is 1.94. The minimum absolute atomic E-state index is 0.495. The van der Waals surface area contributed by atoms with E-state index in [0.717, 1.165) is 28.0 Å². The molecule has 2 heterocycles. The highest BCUT2D eigenvalue weighted by molar-refractivity contribution is 9.10. The van der Waals surface area contributed by atoms with Crippen LogP contribution in [0, 0.1) is 6.92 Å². The molecule has 0 saturated heterocycles. The van der Waals surface area contributed by atoms with Crippen molar-refractivity contribution < 1.29 is 4.42 Å². The lowest BCUT2D eigenvalue weighted by Gasteiger charge is -2.09. The average molecular weight is 311 g/mol. The molecule has 2 rings (SSSR count). The highest BCUT2D eigenvalue weighted by Crippen LogP contribution is 2.27. The molecular weight excluding hydrogens is 296 g/mol. The zero-order chi connectivity index (χ0) is 13.1. The van der Waals surface area contributed by atoms with Crippen molar-refractivity contribution in [1.82, 2.24) is 9.97 Å². The summed E-state index contributed by atoms with van der Waals surface area (Å²) < 4.78 is 6.37. The van der Waals surface area contributed by atoms with Crippen LogP contribution in [0.2, 0.25) is 0 Å². The molecule has 0 fully saturated rings. The highest BCUT2D eigenvalue weighted by Gasteiger charge is 2.08. The maximum absolute atomic E-state index is 5.77. The normalized spacial score (nSPS) is 10.6. The predicted octanol–water partition coefficient (Wildman–Crippen LogP) is 2.90. The number of rotatable bonds is 4. The van der Waals surface area contributed by atoms with Gasteiger partial charge >= 0.3 is 0 Å². The van der Waals surface area contributed by atoms with Gasteiger partial charge in [-0.2, -0.15) is 0 Å². The molecule has 6 heteroatoms. The number of nitrogens with one attached hydrogen (secondary N) is 1. The van der Waals surface area contributed by atoms with E-state index in [4.69, 9.17) is 10.2 Å². The van der Waals surface area contributed by atoms with Crippen LogP contribution in [0.25, 0.3) is 0 Å². The molecule has 0 spiro atoms. The van der Waals surface area contributed by atoms with Gasteiger partial charge in [0.05, 0.1) is 29.1 Å². The second-order valence-corrected chi connectivity index (χ2v) is 4.72. The van der Waals surface area contributed by atoms with Crippen LogP contribution in [0.5, 0.6) is 0 Å². The van der Waals surface area contributed by atoms with Crippen LogP contribution in [0.4, 0.5) is 11.5 Å². The molecule has 5 nitrogen and oxygen atoms in total. The molecule has 0 aliphatic heterocycles. The Morgan fingerprint density at radius 2 is 2.17 bits per heavy atom. The van der Waals surface area contributed by atoms with E-state index >= 15 is 0 Å². The number of anilines is 2. The lowest BCUT2D eigenvalue weighted by atomic mass is 10.2. The van der Waals surface area contributed by atoms with Gasteiger partial charge in [-0.25, -0.2) is 9.97 Å². The minimum Gasteiger partial charge on any atom is -0.444 e. The molecule has 0 unspecified atom stereocenters. The van der Waals surface area contributed by atoms with Crippen LogP contribution in [0.15, 0.2) is 21.3 Å². The van der Waals surface area contributed by atoms with Crippen LogP contribution in [0.1, 0.15) is 24.1 Å². The summed E-state index contributed by atoms with van der Waals surface area (Å²) in [5.74, 6) is 2.26. The number of oxazole rings is 1. The highest BCUT2D eigenvalue weighted by atomic mass is 79.9. The van der Waals surface area contributed by atoms with Gasteiger partial charge in [0.2, 0.25) is 5.89 Å². The SMILES string of the molecule is CCc1cnc(CNc2ncc(N)c(C)c2Br)o1. The number of hydrogen-bond donors (Lipinski definition) is 2. The largest absolute Gasteiger partial charge is 0.444 e. The van der Waals surface area contributed by atoms with Crippen LogP contribution in [-0.2, 0) is 13.0 Å². The Hall–Kier alpha value is -1.56. The summed E-state index contributed by atoms with van der Waals surface area (Å²) in [7, 11) is 0. The molecule has 0 aliphatic rings. The Morgan fingerprint density at radius 3 is 2.83 bits per heavy atom. The number of hydrogen-bond acceptors (Lipinski definition) is 5. The lowest BCUT2D eigenvalue weighted by Crippen LogP contribution is -2.04. The number of nitrogens with two attached hydrogens (primary N) is 1. The van der Waals surface area contributed by atoms with Gasteiger partial charge in [0, 0.05) is 6.42 Å². The van der Waals surface area contributed by atoms with Gasteiger partial charge in [-0.15, -0.1) is 0 Å². The number of nitrogens with zero attached hydrogens (tertiary/aromatic N) is 2. The van der Waals surface area contributed by atoms with Crippen molar-refractivity contribution in [1.29, 1.82) is 0 Å². The fourth-order valence-electron chi connectivity index (χ4n) is 1.47. The average Bonchev–Trinajstić information content (AvgIpc) is 2.83. The standard InChI is InChI=1S/C12H15BrN4O/c1-3-8-4-15-10(18-8)6-17-12-11(13)7(2)9(14)5-16-12/h4-5H,3,6,14H2,1-2H3,(H,16,17). The molecule has 0 aliphatic carbocycles. The van der Waals surface area contributed by atoms with Gasteiger partial charge in [-0.1, -0.05) is 6.92 Å². The number of halogens is 1. The van der Waals surface area contributed by atoms with E-state index in [1.807, 2.05) is 13.8 Å². The zero-order valence-electron chi connectivity index (χ0n) is 10.3. The summed E-state index contributed by atoms with van der Waals surface area (Å²) in [5.41, 5.74) is 7.40. The summed E-state index contributed by atoms with van der Waals surface area (Å²) in [4.78, 5) is 8.40. The first kappa shape index (κ1) is 12.9. The Morgan fingerprint density at radius 1 is 1.39 bits per heavy atom. The summed E-state index contributed by atoms with van der Waals surface area (Å²) in [6.45, 7) is 4.46. The Balaban J connectivity index is 2.08. The van der Waals surface area contributed by atoms with Gasteiger partial charge in [0.1, 0.15) is 11.6 Å². The number of aromatic nitrogens is 2. The van der Waals surface area contributed by atoms with Crippen LogP contribution < -0.4 is 11.1 Å². The van der Waals surface area contributed by atoms with E-state index in [-0.39, 0.29) is 0 Å².